The number of nitrogens with two attached hydrogens (primary N) is 1. The molecule has 72 valence electrons. The number of benzene rings is 1. The summed E-state index contributed by atoms with van der Waals surface area (Å²) >= 11 is 3.42. The van der Waals surface area contributed by atoms with Crippen LogP contribution in [0, 0.1) is 0 Å². The second-order valence-corrected chi connectivity index (χ2v) is 4.12. The summed E-state index contributed by atoms with van der Waals surface area (Å²) in [4.78, 5) is 8.37. The van der Waals surface area contributed by atoms with Gasteiger partial charge in [0.25, 0.3) is 0 Å². The number of rotatable bonds is 1. The van der Waals surface area contributed by atoms with Crippen LogP contribution in [0.5, 0.6) is 0 Å². The van der Waals surface area contributed by atoms with Crippen LogP contribution in [-0.2, 0) is 0 Å². The summed E-state index contributed by atoms with van der Waals surface area (Å²) in [7, 11) is 0. The minimum Gasteiger partial charge on any atom is -0.323 e. The van der Waals surface area contributed by atoms with E-state index in [1.54, 1.807) is 6.33 Å². The highest BCUT2D eigenvalue weighted by atomic mass is 79.9. The molecule has 2 aromatic rings. The van der Waals surface area contributed by atoms with E-state index in [1.165, 1.54) is 0 Å². The number of hydrogen-bond acceptors (Lipinski definition) is 3. The van der Waals surface area contributed by atoms with Crippen molar-refractivity contribution in [2.24, 2.45) is 5.73 Å². The first-order valence-corrected chi connectivity index (χ1v) is 5.13. The third kappa shape index (κ3) is 1.63. The molecule has 0 bridgehead atoms. The van der Waals surface area contributed by atoms with Crippen molar-refractivity contribution >= 4 is 26.8 Å². The quantitative estimate of drug-likeness (QED) is 0.847. The molecule has 3 nitrogen and oxygen atoms in total. The van der Waals surface area contributed by atoms with Crippen molar-refractivity contribution in [2.45, 2.75) is 13.0 Å². The number of hydrogen-bond donors (Lipinski definition) is 1. The third-order valence-corrected chi connectivity index (χ3v) is 2.55. The van der Waals surface area contributed by atoms with Gasteiger partial charge < -0.3 is 5.73 Å². The van der Waals surface area contributed by atoms with Crippen LogP contribution in [0.25, 0.3) is 10.9 Å². The molecule has 4 heteroatoms. The van der Waals surface area contributed by atoms with Gasteiger partial charge in [0, 0.05) is 15.9 Å². The molecule has 0 saturated carbocycles. The maximum absolute atomic E-state index is 5.82. The maximum Gasteiger partial charge on any atom is 0.116 e. The van der Waals surface area contributed by atoms with E-state index in [-0.39, 0.29) is 6.04 Å². The summed E-state index contributed by atoms with van der Waals surface area (Å²) in [6.45, 7) is 1.92. The first kappa shape index (κ1) is 9.55. The predicted octanol–water partition coefficient (Wildman–Crippen LogP) is 2.41. The molecule has 14 heavy (non-hydrogen) atoms. The van der Waals surface area contributed by atoms with E-state index in [1.807, 2.05) is 25.1 Å². The van der Waals surface area contributed by atoms with Crippen LogP contribution in [-0.4, -0.2) is 9.97 Å². The standard InChI is InChI=1S/C10H10BrN3/c1-6(12)10-8-4-7(11)2-3-9(8)13-5-14-10/h2-6H,12H2,1H3. The Labute approximate surface area is 90.5 Å². The number of aromatic nitrogens is 2. The molecule has 1 atom stereocenters. The molecule has 0 saturated heterocycles. The molecule has 0 fully saturated rings. The molecule has 0 spiro atoms. The molecule has 0 amide bonds. The molecule has 0 aliphatic heterocycles. The summed E-state index contributed by atoms with van der Waals surface area (Å²) in [6.07, 6.45) is 1.55. The van der Waals surface area contributed by atoms with Crippen LogP contribution in [0.2, 0.25) is 0 Å². The van der Waals surface area contributed by atoms with Gasteiger partial charge in [-0.25, -0.2) is 9.97 Å². The van der Waals surface area contributed by atoms with Crippen molar-refractivity contribution in [3.05, 3.63) is 34.7 Å². The van der Waals surface area contributed by atoms with Gasteiger partial charge in [0.05, 0.1) is 11.2 Å². The second kappa shape index (κ2) is 3.63. The van der Waals surface area contributed by atoms with Crippen LogP contribution < -0.4 is 5.73 Å². The average Bonchev–Trinajstić information content (AvgIpc) is 2.16. The van der Waals surface area contributed by atoms with Crippen molar-refractivity contribution < 1.29 is 0 Å². The number of fused-ring (bicyclic) bond motifs is 1. The Balaban J connectivity index is 2.77. The van der Waals surface area contributed by atoms with Gasteiger partial charge in [-0.2, -0.15) is 0 Å². The minimum absolute atomic E-state index is 0.0743. The molecule has 0 radical (unpaired) electrons. The monoisotopic (exact) mass is 251 g/mol. The van der Waals surface area contributed by atoms with Crippen LogP contribution in [0.4, 0.5) is 0 Å². The Kier molecular flexibility index (Phi) is 2.48. The van der Waals surface area contributed by atoms with Crippen molar-refractivity contribution in [3.63, 3.8) is 0 Å². The Morgan fingerprint density at radius 1 is 1.36 bits per heavy atom. The zero-order chi connectivity index (χ0) is 10.1. The van der Waals surface area contributed by atoms with E-state index in [0.717, 1.165) is 21.1 Å². The second-order valence-electron chi connectivity index (χ2n) is 3.21. The molecule has 1 unspecified atom stereocenters. The molecular weight excluding hydrogens is 242 g/mol. The lowest BCUT2D eigenvalue weighted by Gasteiger charge is -2.07. The summed E-state index contributed by atoms with van der Waals surface area (Å²) in [5.41, 5.74) is 7.64. The summed E-state index contributed by atoms with van der Waals surface area (Å²) in [6, 6.07) is 5.83. The van der Waals surface area contributed by atoms with Gasteiger partial charge >= 0.3 is 0 Å². The summed E-state index contributed by atoms with van der Waals surface area (Å²) in [5, 5.41) is 1.01. The molecule has 1 heterocycles. The maximum atomic E-state index is 5.82. The fourth-order valence-electron chi connectivity index (χ4n) is 1.41. The SMILES string of the molecule is CC(N)c1ncnc2ccc(Br)cc12. The lowest BCUT2D eigenvalue weighted by molar-refractivity contribution is 0.787. The van der Waals surface area contributed by atoms with E-state index < -0.39 is 0 Å². The average molecular weight is 252 g/mol. The Morgan fingerprint density at radius 3 is 2.86 bits per heavy atom. The van der Waals surface area contributed by atoms with Crippen molar-refractivity contribution in [1.82, 2.24) is 9.97 Å². The van der Waals surface area contributed by atoms with Crippen molar-refractivity contribution in [2.75, 3.05) is 0 Å². The number of halogens is 1. The van der Waals surface area contributed by atoms with Gasteiger partial charge in [0.2, 0.25) is 0 Å². The zero-order valence-corrected chi connectivity index (χ0v) is 9.32. The molecule has 1 aromatic carbocycles. The van der Waals surface area contributed by atoms with Gasteiger partial charge in [-0.3, -0.25) is 0 Å². The van der Waals surface area contributed by atoms with Crippen LogP contribution >= 0.6 is 15.9 Å². The first-order chi connectivity index (χ1) is 6.68. The number of nitrogens with zero attached hydrogens (tertiary/aromatic N) is 2. The molecular formula is C10H10BrN3. The van der Waals surface area contributed by atoms with Gasteiger partial charge in [-0.05, 0) is 25.1 Å². The van der Waals surface area contributed by atoms with Gasteiger partial charge in [-0.15, -0.1) is 0 Å². The van der Waals surface area contributed by atoms with E-state index in [0.29, 0.717) is 0 Å². The summed E-state index contributed by atoms with van der Waals surface area (Å²) in [5.74, 6) is 0. The fourth-order valence-corrected chi connectivity index (χ4v) is 1.77. The van der Waals surface area contributed by atoms with Crippen LogP contribution in [0.1, 0.15) is 18.7 Å². The van der Waals surface area contributed by atoms with E-state index in [2.05, 4.69) is 25.9 Å². The highest BCUT2D eigenvalue weighted by molar-refractivity contribution is 9.10. The topological polar surface area (TPSA) is 51.8 Å². The lowest BCUT2D eigenvalue weighted by Crippen LogP contribution is -2.08. The van der Waals surface area contributed by atoms with Crippen molar-refractivity contribution in [1.29, 1.82) is 0 Å². The minimum atomic E-state index is -0.0743. The van der Waals surface area contributed by atoms with Gasteiger partial charge in [0.15, 0.2) is 0 Å². The molecule has 2 rings (SSSR count). The third-order valence-electron chi connectivity index (χ3n) is 2.06. The normalized spacial score (nSPS) is 13.1. The largest absolute Gasteiger partial charge is 0.323 e. The molecule has 0 aliphatic carbocycles. The first-order valence-electron chi connectivity index (χ1n) is 4.34. The van der Waals surface area contributed by atoms with E-state index in [9.17, 15) is 0 Å². The van der Waals surface area contributed by atoms with E-state index >= 15 is 0 Å². The Bertz CT molecular complexity index is 468. The highest BCUT2D eigenvalue weighted by Gasteiger charge is 2.07. The zero-order valence-electron chi connectivity index (χ0n) is 7.74. The van der Waals surface area contributed by atoms with Gasteiger partial charge in [0.1, 0.15) is 6.33 Å². The predicted molar refractivity (Wildman–Crippen MR) is 59.8 cm³/mol. The van der Waals surface area contributed by atoms with E-state index in [4.69, 9.17) is 5.73 Å². The van der Waals surface area contributed by atoms with Gasteiger partial charge in [-0.1, -0.05) is 15.9 Å². The smallest absolute Gasteiger partial charge is 0.116 e. The lowest BCUT2D eigenvalue weighted by atomic mass is 10.1. The highest BCUT2D eigenvalue weighted by Crippen LogP contribution is 2.22. The molecule has 1 aromatic heterocycles. The molecule has 0 aliphatic rings. The van der Waals surface area contributed by atoms with Crippen molar-refractivity contribution in [3.8, 4) is 0 Å². The fraction of sp³-hybridized carbons (Fsp3) is 0.200. The molecule has 2 N–H and O–H groups in total. The summed E-state index contributed by atoms with van der Waals surface area (Å²) < 4.78 is 1.02. The Morgan fingerprint density at radius 2 is 2.14 bits per heavy atom. The van der Waals surface area contributed by atoms with Crippen LogP contribution in [0.3, 0.4) is 0 Å². The van der Waals surface area contributed by atoms with Crippen LogP contribution in [0.15, 0.2) is 29.0 Å². The Hall–Kier alpha value is -1.000.